The van der Waals surface area contributed by atoms with Crippen LogP contribution in [0.5, 0.6) is 0 Å². The third-order valence-corrected chi connectivity index (χ3v) is 2.58. The number of ether oxygens (including phenoxy) is 1. The molecule has 1 aromatic rings. The normalized spacial score (nSPS) is 16.7. The van der Waals surface area contributed by atoms with Crippen LogP contribution in [0.2, 0.25) is 0 Å². The van der Waals surface area contributed by atoms with Gasteiger partial charge in [-0.25, -0.2) is 4.79 Å². The summed E-state index contributed by atoms with van der Waals surface area (Å²) in [5.74, 6) is 0.943. The molecule has 18 heavy (non-hydrogen) atoms. The summed E-state index contributed by atoms with van der Waals surface area (Å²) in [4.78, 5) is 17.4. The van der Waals surface area contributed by atoms with E-state index in [0.29, 0.717) is 13.2 Å². The van der Waals surface area contributed by atoms with Gasteiger partial charge in [0.15, 0.2) is 0 Å². The van der Waals surface area contributed by atoms with Gasteiger partial charge in [-0.1, -0.05) is 0 Å². The molecule has 2 rings (SSSR count). The molecular weight excluding hydrogens is 234 g/mol. The van der Waals surface area contributed by atoms with Crippen molar-refractivity contribution < 1.29 is 18.8 Å². The molecule has 0 spiro atoms. The summed E-state index contributed by atoms with van der Waals surface area (Å²) >= 11 is 0. The summed E-state index contributed by atoms with van der Waals surface area (Å²) in [5.41, 5.74) is 0.479. The Morgan fingerprint density at radius 1 is 1.44 bits per heavy atom. The fourth-order valence-corrected chi connectivity index (χ4v) is 1.77. The number of carbonyl (C=O) groups is 1. The average Bonchev–Trinajstić information content (AvgIpc) is 2.62. The summed E-state index contributed by atoms with van der Waals surface area (Å²) < 4.78 is 10.6. The van der Waals surface area contributed by atoms with Crippen LogP contribution in [0.1, 0.15) is 38.5 Å². The second kappa shape index (κ2) is 5.02. The molecule has 5 heteroatoms. The number of carbonyl (C=O) groups excluding carboxylic acids is 1. The van der Waals surface area contributed by atoms with Gasteiger partial charge in [0.05, 0.1) is 12.8 Å². The van der Waals surface area contributed by atoms with Gasteiger partial charge in [0, 0.05) is 12.0 Å². The first-order valence-corrected chi connectivity index (χ1v) is 6.14. The van der Waals surface area contributed by atoms with E-state index in [1.54, 1.807) is 6.26 Å². The number of fused-ring (bicyclic) bond motifs is 1. The zero-order chi connectivity index (χ0) is 13.2. The number of hydrogen-bond acceptors (Lipinski definition) is 4. The first-order valence-electron chi connectivity index (χ1n) is 6.14. The molecule has 0 saturated heterocycles. The molecule has 0 unspecified atom stereocenters. The third-order valence-electron chi connectivity index (χ3n) is 2.58. The van der Waals surface area contributed by atoms with Crippen LogP contribution in [0.3, 0.4) is 0 Å². The van der Waals surface area contributed by atoms with E-state index < -0.39 is 11.7 Å². The minimum absolute atomic E-state index is 0.338. The zero-order valence-electron chi connectivity index (χ0n) is 11.1. The van der Waals surface area contributed by atoms with Crippen LogP contribution < -0.4 is 0 Å². The molecule has 1 aliphatic heterocycles. The molecule has 0 fully saturated rings. The first kappa shape index (κ1) is 13.0. The van der Waals surface area contributed by atoms with Crippen molar-refractivity contribution in [3.8, 4) is 0 Å². The van der Waals surface area contributed by atoms with Crippen molar-refractivity contribution in [3.05, 3.63) is 23.7 Å². The zero-order valence-corrected chi connectivity index (χ0v) is 11.1. The Morgan fingerprint density at radius 2 is 2.22 bits per heavy atom. The van der Waals surface area contributed by atoms with Crippen LogP contribution in [-0.2, 0) is 22.6 Å². The van der Waals surface area contributed by atoms with E-state index in [4.69, 9.17) is 14.0 Å². The standard InChI is InChI=1S/C13H19NO4/c1-13(2,3)18-12(15)14-7-4-5-11-10(9-17-14)6-8-16-11/h6,8H,4-5,7,9H2,1-3H3. The molecule has 0 atom stereocenters. The van der Waals surface area contributed by atoms with Crippen molar-refractivity contribution in [2.45, 2.75) is 45.8 Å². The van der Waals surface area contributed by atoms with Gasteiger partial charge in [-0.05, 0) is 33.3 Å². The van der Waals surface area contributed by atoms with Crippen LogP contribution in [0, 0.1) is 0 Å². The van der Waals surface area contributed by atoms with Crippen LogP contribution in [0.15, 0.2) is 16.7 Å². The van der Waals surface area contributed by atoms with E-state index in [9.17, 15) is 4.79 Å². The van der Waals surface area contributed by atoms with Gasteiger partial charge in [-0.2, -0.15) is 5.06 Å². The predicted octanol–water partition coefficient (Wildman–Crippen LogP) is 2.89. The van der Waals surface area contributed by atoms with E-state index in [1.807, 2.05) is 26.8 Å². The minimum Gasteiger partial charge on any atom is -0.469 e. The van der Waals surface area contributed by atoms with Gasteiger partial charge < -0.3 is 9.15 Å². The third kappa shape index (κ3) is 3.26. The van der Waals surface area contributed by atoms with Crippen molar-refractivity contribution in [1.82, 2.24) is 5.06 Å². The fraction of sp³-hybridized carbons (Fsp3) is 0.615. The fourth-order valence-electron chi connectivity index (χ4n) is 1.77. The summed E-state index contributed by atoms with van der Waals surface area (Å²) in [6, 6.07) is 1.87. The molecule has 2 heterocycles. The number of aryl methyl sites for hydroxylation is 1. The summed E-state index contributed by atoms with van der Waals surface area (Å²) in [6.45, 7) is 6.36. The number of rotatable bonds is 0. The Hall–Kier alpha value is -1.49. The lowest BCUT2D eigenvalue weighted by Gasteiger charge is -2.27. The van der Waals surface area contributed by atoms with Gasteiger partial charge in [0.25, 0.3) is 0 Å². The molecule has 0 N–H and O–H groups in total. The largest absolute Gasteiger partial charge is 0.469 e. The van der Waals surface area contributed by atoms with Gasteiger partial charge >= 0.3 is 6.09 Å². The van der Waals surface area contributed by atoms with Gasteiger partial charge in [-0.3, -0.25) is 4.84 Å². The Labute approximate surface area is 107 Å². The lowest BCUT2D eigenvalue weighted by molar-refractivity contribution is -0.158. The van der Waals surface area contributed by atoms with Crippen molar-refractivity contribution in [1.29, 1.82) is 0 Å². The monoisotopic (exact) mass is 253 g/mol. The lowest BCUT2D eigenvalue weighted by Crippen LogP contribution is -2.38. The summed E-state index contributed by atoms with van der Waals surface area (Å²) in [5, 5.41) is 1.29. The van der Waals surface area contributed by atoms with Crippen molar-refractivity contribution >= 4 is 6.09 Å². The van der Waals surface area contributed by atoms with E-state index in [2.05, 4.69) is 0 Å². The number of nitrogens with zero attached hydrogens (tertiary/aromatic N) is 1. The molecule has 1 aromatic heterocycles. The second-order valence-corrected chi connectivity index (χ2v) is 5.33. The Morgan fingerprint density at radius 3 is 2.94 bits per heavy atom. The first-order chi connectivity index (χ1) is 8.46. The van der Waals surface area contributed by atoms with E-state index in [-0.39, 0.29) is 0 Å². The van der Waals surface area contributed by atoms with Gasteiger partial charge in [0.2, 0.25) is 0 Å². The Balaban J connectivity index is 1.98. The van der Waals surface area contributed by atoms with E-state index in [1.165, 1.54) is 5.06 Å². The topological polar surface area (TPSA) is 51.9 Å². The highest BCUT2D eigenvalue weighted by molar-refractivity contribution is 5.66. The molecule has 1 aliphatic rings. The highest BCUT2D eigenvalue weighted by Crippen LogP contribution is 2.19. The van der Waals surface area contributed by atoms with Crippen molar-refractivity contribution in [3.63, 3.8) is 0 Å². The Bertz CT molecular complexity index is 419. The van der Waals surface area contributed by atoms with Crippen molar-refractivity contribution in [2.75, 3.05) is 6.54 Å². The highest BCUT2D eigenvalue weighted by atomic mass is 16.7. The van der Waals surface area contributed by atoms with Crippen LogP contribution in [0.25, 0.3) is 0 Å². The lowest BCUT2D eigenvalue weighted by atomic mass is 10.1. The second-order valence-electron chi connectivity index (χ2n) is 5.33. The van der Waals surface area contributed by atoms with Crippen LogP contribution in [0.4, 0.5) is 4.79 Å². The maximum Gasteiger partial charge on any atom is 0.434 e. The number of hydroxylamine groups is 2. The minimum atomic E-state index is -0.510. The molecule has 5 nitrogen and oxygen atoms in total. The molecule has 100 valence electrons. The number of furan rings is 1. The molecule has 0 aliphatic carbocycles. The summed E-state index contributed by atoms with van der Waals surface area (Å²) in [6.07, 6.45) is 2.82. The quantitative estimate of drug-likeness (QED) is 0.713. The number of amides is 1. The maximum atomic E-state index is 11.9. The molecule has 0 bridgehead atoms. The molecule has 0 aromatic carbocycles. The molecule has 0 saturated carbocycles. The van der Waals surface area contributed by atoms with Crippen LogP contribution >= 0.6 is 0 Å². The number of hydrogen-bond donors (Lipinski definition) is 0. The van der Waals surface area contributed by atoms with E-state index in [0.717, 1.165) is 24.2 Å². The Kier molecular flexibility index (Phi) is 3.61. The molecular formula is C13H19NO4. The summed E-state index contributed by atoms with van der Waals surface area (Å²) in [7, 11) is 0. The SMILES string of the molecule is CC(C)(C)OC(=O)N1CCCc2occc2CO1. The maximum absolute atomic E-state index is 11.9. The van der Waals surface area contributed by atoms with Crippen molar-refractivity contribution in [2.24, 2.45) is 0 Å². The molecule has 0 radical (unpaired) electrons. The molecule has 1 amide bonds. The van der Waals surface area contributed by atoms with Gasteiger partial charge in [0.1, 0.15) is 18.0 Å². The highest BCUT2D eigenvalue weighted by Gasteiger charge is 2.24. The smallest absolute Gasteiger partial charge is 0.434 e. The predicted molar refractivity (Wildman–Crippen MR) is 64.8 cm³/mol. The van der Waals surface area contributed by atoms with Gasteiger partial charge in [-0.15, -0.1) is 0 Å². The van der Waals surface area contributed by atoms with Crippen LogP contribution in [-0.4, -0.2) is 23.3 Å². The van der Waals surface area contributed by atoms with E-state index >= 15 is 0 Å². The average molecular weight is 253 g/mol.